The number of hydrogen-bond donors (Lipinski definition) is 2. The van der Waals surface area contributed by atoms with Gasteiger partial charge in [0.05, 0.1) is 19.3 Å². The highest BCUT2D eigenvalue weighted by Gasteiger charge is 2.17. The molecule has 2 atom stereocenters. The molecule has 1 aliphatic heterocycles. The maximum atomic E-state index is 5.78. The van der Waals surface area contributed by atoms with E-state index in [-0.39, 0.29) is 6.10 Å². The third-order valence-corrected chi connectivity index (χ3v) is 4.84. The highest BCUT2D eigenvalue weighted by molar-refractivity contribution is 7.10. The Labute approximate surface area is 137 Å². The third kappa shape index (κ3) is 5.59. The van der Waals surface area contributed by atoms with Crippen molar-refractivity contribution >= 4 is 17.3 Å². The molecule has 0 bridgehead atoms. The van der Waals surface area contributed by atoms with Gasteiger partial charge < -0.3 is 20.3 Å². The molecule has 124 valence electrons. The second kappa shape index (κ2) is 9.12. The maximum Gasteiger partial charge on any atom is 0.191 e. The van der Waals surface area contributed by atoms with Crippen LogP contribution >= 0.6 is 11.3 Å². The van der Waals surface area contributed by atoms with Crippen molar-refractivity contribution in [3.05, 3.63) is 22.4 Å². The van der Waals surface area contributed by atoms with Crippen molar-refractivity contribution in [2.45, 2.75) is 25.9 Å². The average molecular weight is 324 g/mol. The van der Waals surface area contributed by atoms with E-state index in [0.717, 1.165) is 45.3 Å². The van der Waals surface area contributed by atoms with Gasteiger partial charge in [0.1, 0.15) is 0 Å². The normalized spacial score (nSPS) is 21.6. The molecule has 1 saturated heterocycles. The summed E-state index contributed by atoms with van der Waals surface area (Å²) in [4.78, 5) is 8.40. The molecule has 0 aromatic carbocycles. The number of likely N-dealkylation sites (N-methyl/N-ethyl adjacent to an activating group) is 1. The van der Waals surface area contributed by atoms with E-state index in [1.54, 1.807) is 11.3 Å². The number of morpholine rings is 1. The van der Waals surface area contributed by atoms with E-state index in [2.05, 4.69) is 53.9 Å². The largest absolute Gasteiger partial charge is 0.374 e. The molecule has 0 spiro atoms. The van der Waals surface area contributed by atoms with Crippen molar-refractivity contribution in [2.75, 3.05) is 46.4 Å². The number of guanidine groups is 1. The first-order valence-electron chi connectivity index (χ1n) is 8.04. The molecule has 0 radical (unpaired) electrons. The van der Waals surface area contributed by atoms with Crippen molar-refractivity contribution in [2.24, 2.45) is 4.99 Å². The Morgan fingerprint density at radius 2 is 2.41 bits per heavy atom. The van der Waals surface area contributed by atoms with Crippen LogP contribution in [0.2, 0.25) is 0 Å². The smallest absolute Gasteiger partial charge is 0.191 e. The van der Waals surface area contributed by atoms with Gasteiger partial charge in [-0.05, 0) is 25.4 Å². The predicted octanol–water partition coefficient (Wildman–Crippen LogP) is 1.74. The van der Waals surface area contributed by atoms with Crippen LogP contribution in [0.4, 0.5) is 0 Å². The van der Waals surface area contributed by atoms with Crippen molar-refractivity contribution in [3.8, 4) is 0 Å². The first kappa shape index (κ1) is 17.2. The van der Waals surface area contributed by atoms with Crippen LogP contribution in [-0.4, -0.2) is 63.3 Å². The summed E-state index contributed by atoms with van der Waals surface area (Å²) in [5, 5.41) is 8.83. The van der Waals surface area contributed by atoms with E-state index in [4.69, 9.17) is 9.73 Å². The first-order chi connectivity index (χ1) is 10.7. The molecule has 2 N–H and O–H groups in total. The van der Waals surface area contributed by atoms with Crippen LogP contribution in [0.1, 0.15) is 24.6 Å². The topological polar surface area (TPSA) is 48.9 Å². The molecule has 1 aliphatic rings. The number of rotatable bonds is 6. The Hall–Kier alpha value is -1.11. The fourth-order valence-electron chi connectivity index (χ4n) is 2.43. The SMILES string of the molecule is CCNC(=NCC(C)c1cccs1)NCC1CN(C)CCO1. The number of nitrogens with one attached hydrogen (secondary N) is 2. The van der Waals surface area contributed by atoms with Gasteiger partial charge in [-0.3, -0.25) is 4.99 Å². The Balaban J connectivity index is 1.81. The van der Waals surface area contributed by atoms with Crippen molar-refractivity contribution in [3.63, 3.8) is 0 Å². The molecule has 22 heavy (non-hydrogen) atoms. The number of nitrogens with zero attached hydrogens (tertiary/aromatic N) is 2. The molecular formula is C16H28N4OS. The molecule has 1 fully saturated rings. The Bertz CT molecular complexity index is 449. The molecule has 5 nitrogen and oxygen atoms in total. The van der Waals surface area contributed by atoms with Gasteiger partial charge in [0, 0.05) is 37.0 Å². The summed E-state index contributed by atoms with van der Waals surface area (Å²) in [6.07, 6.45) is 0.234. The number of hydrogen-bond acceptors (Lipinski definition) is 4. The highest BCUT2D eigenvalue weighted by atomic mass is 32.1. The van der Waals surface area contributed by atoms with Crippen LogP contribution < -0.4 is 10.6 Å². The summed E-state index contributed by atoms with van der Waals surface area (Å²) in [5.74, 6) is 1.33. The molecule has 0 amide bonds. The van der Waals surface area contributed by atoms with E-state index in [1.165, 1.54) is 4.88 Å². The van der Waals surface area contributed by atoms with Crippen molar-refractivity contribution in [1.82, 2.24) is 15.5 Å². The van der Waals surface area contributed by atoms with Gasteiger partial charge in [-0.2, -0.15) is 0 Å². The summed E-state index contributed by atoms with van der Waals surface area (Å²) in [6.45, 7) is 9.56. The van der Waals surface area contributed by atoms with E-state index in [9.17, 15) is 0 Å². The molecular weight excluding hydrogens is 296 g/mol. The lowest BCUT2D eigenvalue weighted by Crippen LogP contribution is -2.48. The molecule has 2 rings (SSSR count). The lowest BCUT2D eigenvalue weighted by atomic mass is 10.1. The standard InChI is InChI=1S/C16H28N4OS/c1-4-17-16(18-10-13(2)15-6-5-9-22-15)19-11-14-12-20(3)7-8-21-14/h5-6,9,13-14H,4,7-8,10-12H2,1-3H3,(H2,17,18,19). The third-order valence-electron chi connectivity index (χ3n) is 3.74. The number of ether oxygens (including phenoxy) is 1. The number of thiophene rings is 1. The van der Waals surface area contributed by atoms with Crippen LogP contribution in [0.15, 0.2) is 22.5 Å². The molecule has 2 heterocycles. The van der Waals surface area contributed by atoms with Crippen LogP contribution in [0.5, 0.6) is 0 Å². The number of aliphatic imine (C=N–C) groups is 1. The molecule has 6 heteroatoms. The summed E-state index contributed by atoms with van der Waals surface area (Å²) < 4.78 is 5.78. The second-order valence-corrected chi connectivity index (χ2v) is 6.75. The van der Waals surface area contributed by atoms with Crippen LogP contribution in [0.25, 0.3) is 0 Å². The maximum absolute atomic E-state index is 5.78. The monoisotopic (exact) mass is 324 g/mol. The lowest BCUT2D eigenvalue weighted by Gasteiger charge is -2.30. The first-order valence-corrected chi connectivity index (χ1v) is 8.92. The quantitative estimate of drug-likeness (QED) is 0.618. The molecule has 2 unspecified atom stereocenters. The minimum Gasteiger partial charge on any atom is -0.374 e. The Kier molecular flexibility index (Phi) is 7.15. The van der Waals surface area contributed by atoms with Crippen LogP contribution in [-0.2, 0) is 4.74 Å². The van der Waals surface area contributed by atoms with E-state index in [1.807, 2.05) is 0 Å². The summed E-state index contributed by atoms with van der Waals surface area (Å²) in [6, 6.07) is 4.28. The summed E-state index contributed by atoms with van der Waals surface area (Å²) in [7, 11) is 2.14. The Morgan fingerprint density at radius 3 is 3.09 bits per heavy atom. The van der Waals surface area contributed by atoms with E-state index >= 15 is 0 Å². The van der Waals surface area contributed by atoms with Gasteiger partial charge in [0.2, 0.25) is 0 Å². The zero-order valence-electron chi connectivity index (χ0n) is 13.8. The van der Waals surface area contributed by atoms with Gasteiger partial charge >= 0.3 is 0 Å². The van der Waals surface area contributed by atoms with Crippen LogP contribution in [0.3, 0.4) is 0 Å². The van der Waals surface area contributed by atoms with E-state index < -0.39 is 0 Å². The molecule has 1 aromatic heterocycles. The second-order valence-electron chi connectivity index (χ2n) is 5.77. The van der Waals surface area contributed by atoms with Crippen molar-refractivity contribution < 1.29 is 4.74 Å². The summed E-state index contributed by atoms with van der Waals surface area (Å²) in [5.41, 5.74) is 0. The summed E-state index contributed by atoms with van der Waals surface area (Å²) >= 11 is 1.80. The lowest BCUT2D eigenvalue weighted by molar-refractivity contribution is -0.0161. The average Bonchev–Trinajstić information content (AvgIpc) is 3.04. The fourth-order valence-corrected chi connectivity index (χ4v) is 3.21. The highest BCUT2D eigenvalue weighted by Crippen LogP contribution is 2.20. The zero-order chi connectivity index (χ0) is 15.8. The van der Waals surface area contributed by atoms with Gasteiger partial charge in [-0.15, -0.1) is 11.3 Å². The van der Waals surface area contributed by atoms with Gasteiger partial charge in [-0.25, -0.2) is 0 Å². The minimum absolute atomic E-state index is 0.234. The van der Waals surface area contributed by atoms with Crippen molar-refractivity contribution in [1.29, 1.82) is 0 Å². The zero-order valence-corrected chi connectivity index (χ0v) is 14.7. The minimum atomic E-state index is 0.234. The Morgan fingerprint density at radius 1 is 1.55 bits per heavy atom. The van der Waals surface area contributed by atoms with Gasteiger partial charge in [-0.1, -0.05) is 13.0 Å². The van der Waals surface area contributed by atoms with E-state index in [0.29, 0.717) is 5.92 Å². The van der Waals surface area contributed by atoms with Crippen LogP contribution in [0, 0.1) is 0 Å². The predicted molar refractivity (Wildman–Crippen MR) is 94.0 cm³/mol. The van der Waals surface area contributed by atoms with Gasteiger partial charge in [0.15, 0.2) is 5.96 Å². The molecule has 1 aromatic rings. The molecule has 0 saturated carbocycles. The molecule has 0 aliphatic carbocycles. The van der Waals surface area contributed by atoms with Gasteiger partial charge in [0.25, 0.3) is 0 Å². The fraction of sp³-hybridized carbons (Fsp3) is 0.688.